The molecule has 1 saturated carbocycles. The van der Waals surface area contributed by atoms with Crippen molar-refractivity contribution in [3.05, 3.63) is 29.8 Å². The molecule has 1 heterocycles. The molecule has 0 N–H and O–H groups in total. The minimum absolute atomic E-state index is 0.00693. The summed E-state index contributed by atoms with van der Waals surface area (Å²) >= 11 is 0. The molecule has 0 radical (unpaired) electrons. The molecule has 0 aromatic heterocycles. The number of carbonyl (C=O) groups is 1. The third-order valence-electron chi connectivity index (χ3n) is 4.82. The second-order valence-corrected chi connectivity index (χ2v) is 8.26. The lowest BCUT2D eigenvalue weighted by molar-refractivity contribution is -0.140. The number of amides is 1. The molecule has 1 aromatic carbocycles. The first-order chi connectivity index (χ1) is 11.7. The van der Waals surface area contributed by atoms with Crippen molar-refractivity contribution in [2.45, 2.75) is 30.3 Å². The normalized spacial score (nSPS) is 20.4. The minimum atomic E-state index is -4.74. The number of alkyl halides is 3. The van der Waals surface area contributed by atoms with Crippen LogP contribution in [0.1, 0.15) is 24.8 Å². The zero-order chi connectivity index (χ0) is 18.2. The van der Waals surface area contributed by atoms with Gasteiger partial charge in [-0.25, -0.2) is 8.42 Å². The van der Waals surface area contributed by atoms with Gasteiger partial charge in [0.2, 0.25) is 15.9 Å². The van der Waals surface area contributed by atoms with Crippen molar-refractivity contribution in [1.82, 2.24) is 9.21 Å². The summed E-state index contributed by atoms with van der Waals surface area (Å²) in [6.07, 6.45) is -2.00. The standard InChI is InChI=1S/C16H19F3N2O3S/c17-16(18,19)13-6-1-2-7-14(13)25(23,24)21-10-8-20(9-11-21)15(22)12-4-3-5-12/h1-2,6-7,12H,3-5,8-11H2. The molecule has 0 spiro atoms. The van der Waals surface area contributed by atoms with E-state index in [0.717, 1.165) is 41.8 Å². The molecular formula is C16H19F3N2O3S. The summed E-state index contributed by atoms with van der Waals surface area (Å²) in [5, 5.41) is 0. The summed E-state index contributed by atoms with van der Waals surface area (Å²) in [6, 6.07) is 4.18. The first-order valence-corrected chi connectivity index (χ1v) is 9.60. The molecule has 9 heteroatoms. The van der Waals surface area contributed by atoms with Gasteiger partial charge in [0.25, 0.3) is 0 Å². The van der Waals surface area contributed by atoms with Gasteiger partial charge in [-0.15, -0.1) is 0 Å². The largest absolute Gasteiger partial charge is 0.417 e. The lowest BCUT2D eigenvalue weighted by Crippen LogP contribution is -2.52. The maximum Gasteiger partial charge on any atom is 0.417 e. The van der Waals surface area contributed by atoms with E-state index >= 15 is 0 Å². The van der Waals surface area contributed by atoms with Crippen molar-refractivity contribution in [1.29, 1.82) is 0 Å². The van der Waals surface area contributed by atoms with E-state index in [-0.39, 0.29) is 38.0 Å². The Hall–Kier alpha value is -1.61. The molecule has 2 fully saturated rings. The molecule has 1 aliphatic carbocycles. The van der Waals surface area contributed by atoms with Crippen molar-refractivity contribution in [2.75, 3.05) is 26.2 Å². The molecular weight excluding hydrogens is 357 g/mol. The number of halogens is 3. The van der Waals surface area contributed by atoms with Crippen LogP contribution in [0.2, 0.25) is 0 Å². The molecule has 0 bridgehead atoms. The highest BCUT2D eigenvalue weighted by Gasteiger charge is 2.40. The number of piperazine rings is 1. The summed E-state index contributed by atoms with van der Waals surface area (Å²) in [4.78, 5) is 13.1. The first kappa shape index (κ1) is 18.2. The quantitative estimate of drug-likeness (QED) is 0.814. The first-order valence-electron chi connectivity index (χ1n) is 8.16. The Bertz CT molecular complexity index is 752. The fraction of sp³-hybridized carbons (Fsp3) is 0.562. The van der Waals surface area contributed by atoms with E-state index in [0.29, 0.717) is 0 Å². The van der Waals surface area contributed by atoms with Gasteiger partial charge in [0, 0.05) is 32.1 Å². The monoisotopic (exact) mass is 376 g/mol. The molecule has 1 amide bonds. The summed E-state index contributed by atoms with van der Waals surface area (Å²) in [5.41, 5.74) is -1.16. The zero-order valence-electron chi connectivity index (χ0n) is 13.5. The number of hydrogen-bond acceptors (Lipinski definition) is 3. The van der Waals surface area contributed by atoms with E-state index in [1.165, 1.54) is 6.07 Å². The summed E-state index contributed by atoms with van der Waals surface area (Å²) < 4.78 is 65.7. The molecule has 0 unspecified atom stereocenters. The number of nitrogens with zero attached hydrogens (tertiary/aromatic N) is 2. The minimum Gasteiger partial charge on any atom is -0.340 e. The predicted octanol–water partition coefficient (Wildman–Crippen LogP) is 2.34. The molecule has 1 aromatic rings. The Morgan fingerprint density at radius 3 is 2.16 bits per heavy atom. The van der Waals surface area contributed by atoms with E-state index in [2.05, 4.69) is 0 Å². The predicted molar refractivity (Wildman–Crippen MR) is 84.1 cm³/mol. The molecule has 1 saturated heterocycles. The lowest BCUT2D eigenvalue weighted by Gasteiger charge is -2.37. The highest BCUT2D eigenvalue weighted by atomic mass is 32.2. The highest BCUT2D eigenvalue weighted by molar-refractivity contribution is 7.89. The third kappa shape index (κ3) is 3.52. The molecule has 3 rings (SSSR count). The van der Waals surface area contributed by atoms with Crippen LogP contribution in [-0.2, 0) is 21.0 Å². The van der Waals surface area contributed by atoms with Crippen LogP contribution in [0, 0.1) is 5.92 Å². The van der Waals surface area contributed by atoms with E-state index in [1.807, 2.05) is 0 Å². The van der Waals surface area contributed by atoms with E-state index in [4.69, 9.17) is 0 Å². The van der Waals surface area contributed by atoms with Crippen molar-refractivity contribution in [3.63, 3.8) is 0 Å². The van der Waals surface area contributed by atoms with E-state index in [1.54, 1.807) is 4.90 Å². The van der Waals surface area contributed by atoms with Gasteiger partial charge in [-0.3, -0.25) is 4.79 Å². The second-order valence-electron chi connectivity index (χ2n) is 6.35. The SMILES string of the molecule is O=C(C1CCC1)N1CCN(S(=O)(=O)c2ccccc2C(F)(F)F)CC1. The smallest absolute Gasteiger partial charge is 0.340 e. The molecule has 25 heavy (non-hydrogen) atoms. The Kier molecular flexibility index (Phi) is 4.80. The molecule has 0 atom stereocenters. The van der Waals surface area contributed by atoms with Crippen LogP contribution < -0.4 is 0 Å². The van der Waals surface area contributed by atoms with Crippen LogP contribution in [0.15, 0.2) is 29.2 Å². The van der Waals surface area contributed by atoms with Gasteiger partial charge >= 0.3 is 6.18 Å². The maximum atomic E-state index is 13.1. The van der Waals surface area contributed by atoms with E-state index in [9.17, 15) is 26.4 Å². The van der Waals surface area contributed by atoms with Crippen molar-refractivity contribution in [3.8, 4) is 0 Å². The lowest BCUT2D eigenvalue weighted by atomic mass is 9.84. The van der Waals surface area contributed by atoms with Gasteiger partial charge in [-0.2, -0.15) is 17.5 Å². The topological polar surface area (TPSA) is 57.7 Å². The van der Waals surface area contributed by atoms with Crippen LogP contribution in [-0.4, -0.2) is 49.7 Å². The number of carbonyl (C=O) groups excluding carboxylic acids is 1. The maximum absolute atomic E-state index is 13.1. The Morgan fingerprint density at radius 2 is 1.64 bits per heavy atom. The Balaban J connectivity index is 1.76. The van der Waals surface area contributed by atoms with Gasteiger partial charge in [0.05, 0.1) is 10.5 Å². The fourth-order valence-electron chi connectivity index (χ4n) is 3.13. The van der Waals surface area contributed by atoms with Gasteiger partial charge < -0.3 is 4.90 Å². The van der Waals surface area contributed by atoms with Gasteiger partial charge in [0.1, 0.15) is 0 Å². The van der Waals surface area contributed by atoms with Crippen molar-refractivity contribution < 1.29 is 26.4 Å². The average molecular weight is 376 g/mol. The highest BCUT2D eigenvalue weighted by Crippen LogP contribution is 2.35. The Morgan fingerprint density at radius 1 is 1.04 bits per heavy atom. The number of rotatable bonds is 3. The van der Waals surface area contributed by atoms with Crippen molar-refractivity contribution >= 4 is 15.9 Å². The number of hydrogen-bond donors (Lipinski definition) is 0. The zero-order valence-corrected chi connectivity index (χ0v) is 14.3. The summed E-state index contributed by atoms with van der Waals surface area (Å²) in [6.45, 7) is 0.436. The average Bonchev–Trinajstić information content (AvgIpc) is 2.52. The van der Waals surface area contributed by atoms with Gasteiger partial charge in [-0.05, 0) is 25.0 Å². The van der Waals surface area contributed by atoms with Crippen molar-refractivity contribution in [2.24, 2.45) is 5.92 Å². The molecule has 138 valence electrons. The number of sulfonamides is 1. The van der Waals surface area contributed by atoms with Gasteiger partial charge in [-0.1, -0.05) is 18.6 Å². The molecule has 5 nitrogen and oxygen atoms in total. The molecule has 1 aliphatic heterocycles. The fourth-order valence-corrected chi connectivity index (χ4v) is 4.76. The Labute approximate surface area is 144 Å². The van der Waals surface area contributed by atoms with Crippen LogP contribution >= 0.6 is 0 Å². The second kappa shape index (κ2) is 6.60. The van der Waals surface area contributed by atoms with Crippen LogP contribution in [0.4, 0.5) is 13.2 Å². The third-order valence-corrected chi connectivity index (χ3v) is 6.77. The number of benzene rings is 1. The molecule has 2 aliphatic rings. The van der Waals surface area contributed by atoms with E-state index < -0.39 is 26.7 Å². The summed E-state index contributed by atoms with van der Waals surface area (Å²) in [5.74, 6) is 0.0492. The van der Waals surface area contributed by atoms with Gasteiger partial charge in [0.15, 0.2) is 0 Å². The van der Waals surface area contributed by atoms with Crippen LogP contribution in [0.5, 0.6) is 0 Å². The van der Waals surface area contributed by atoms with Crippen LogP contribution in [0.25, 0.3) is 0 Å². The van der Waals surface area contributed by atoms with Crippen LogP contribution in [0.3, 0.4) is 0 Å². The summed E-state index contributed by atoms with van der Waals surface area (Å²) in [7, 11) is -4.26.